The van der Waals surface area contributed by atoms with Gasteiger partial charge in [0.2, 0.25) is 10.0 Å². The Bertz CT molecular complexity index is 1170. The summed E-state index contributed by atoms with van der Waals surface area (Å²) in [6.07, 6.45) is 1.66. The number of anilines is 1. The third-order valence-corrected chi connectivity index (χ3v) is 7.58. The molecule has 0 aliphatic carbocycles. The third-order valence-electron chi connectivity index (χ3n) is 5.68. The molecule has 3 aromatic rings. The summed E-state index contributed by atoms with van der Waals surface area (Å²) in [5, 5.41) is 15.1. The first-order valence-electron chi connectivity index (χ1n) is 10.6. The second kappa shape index (κ2) is 9.65. The van der Waals surface area contributed by atoms with E-state index in [-0.39, 0.29) is 16.3 Å². The zero-order chi connectivity index (χ0) is 23.4. The summed E-state index contributed by atoms with van der Waals surface area (Å²) in [6.45, 7) is 1.93. The quantitative estimate of drug-likeness (QED) is 0.420. The van der Waals surface area contributed by atoms with Crippen LogP contribution >= 0.6 is 0 Å². The molecule has 0 saturated carbocycles. The first-order chi connectivity index (χ1) is 15.9. The molecule has 1 fully saturated rings. The van der Waals surface area contributed by atoms with E-state index in [1.165, 1.54) is 16.4 Å². The van der Waals surface area contributed by atoms with E-state index >= 15 is 0 Å². The Morgan fingerprint density at radius 1 is 1.00 bits per heavy atom. The first-order valence-corrected chi connectivity index (χ1v) is 12.0. The van der Waals surface area contributed by atoms with Crippen LogP contribution in [-0.4, -0.2) is 60.8 Å². The molecule has 9 nitrogen and oxygen atoms in total. The Kier molecular flexibility index (Phi) is 6.68. The lowest BCUT2D eigenvalue weighted by Gasteiger charge is -2.31. The highest BCUT2D eigenvalue weighted by Crippen LogP contribution is 2.33. The van der Waals surface area contributed by atoms with Crippen molar-refractivity contribution in [3.05, 3.63) is 94.3 Å². The number of rotatable bonds is 7. The maximum atomic E-state index is 13.1. The molecular formula is C23H25N5O4S. The van der Waals surface area contributed by atoms with Gasteiger partial charge < -0.3 is 10.2 Å². The molecule has 1 atom stereocenters. The number of sulfonamides is 1. The summed E-state index contributed by atoms with van der Waals surface area (Å²) in [7, 11) is -1.90. The van der Waals surface area contributed by atoms with Gasteiger partial charge >= 0.3 is 0 Å². The Labute approximate surface area is 192 Å². The number of piperazine rings is 1. The fourth-order valence-corrected chi connectivity index (χ4v) is 5.24. The molecule has 1 aliphatic rings. The fraction of sp³-hybridized carbons (Fsp3) is 0.261. The number of nitrogens with one attached hydrogen (secondary N) is 1. The molecule has 4 rings (SSSR count). The Hall–Kier alpha value is -3.34. The van der Waals surface area contributed by atoms with Crippen LogP contribution in [0.25, 0.3) is 0 Å². The van der Waals surface area contributed by atoms with Gasteiger partial charge in [0, 0.05) is 38.4 Å². The molecule has 1 N–H and O–H groups in total. The molecule has 0 radical (unpaired) electrons. The van der Waals surface area contributed by atoms with E-state index in [0.717, 1.165) is 11.6 Å². The van der Waals surface area contributed by atoms with Crippen molar-refractivity contribution >= 4 is 21.4 Å². The Balaban J connectivity index is 1.70. The van der Waals surface area contributed by atoms with Crippen molar-refractivity contribution in [1.29, 1.82) is 0 Å². The summed E-state index contributed by atoms with van der Waals surface area (Å²) >= 11 is 0. The molecule has 1 unspecified atom stereocenters. The van der Waals surface area contributed by atoms with E-state index in [0.29, 0.717) is 31.9 Å². The van der Waals surface area contributed by atoms with Crippen LogP contribution in [0.4, 0.5) is 11.4 Å². The third kappa shape index (κ3) is 5.03. The van der Waals surface area contributed by atoms with Gasteiger partial charge in [-0.25, -0.2) is 8.42 Å². The molecule has 2 aromatic carbocycles. The smallest absolute Gasteiger partial charge is 0.293 e. The molecular weight excluding hydrogens is 442 g/mol. The number of likely N-dealkylation sites (N-methyl/N-ethyl adjacent to an activating group) is 1. The van der Waals surface area contributed by atoms with Gasteiger partial charge in [0.05, 0.1) is 21.6 Å². The highest BCUT2D eigenvalue weighted by Gasteiger charge is 2.30. The van der Waals surface area contributed by atoms with Crippen LogP contribution in [0, 0.1) is 10.1 Å². The topological polar surface area (TPSA) is 109 Å². The van der Waals surface area contributed by atoms with Crippen LogP contribution in [0.15, 0.2) is 77.8 Å². The van der Waals surface area contributed by atoms with Gasteiger partial charge in [-0.1, -0.05) is 36.4 Å². The van der Waals surface area contributed by atoms with Crippen LogP contribution in [0.5, 0.6) is 0 Å². The molecule has 1 aromatic heterocycles. The van der Waals surface area contributed by atoms with Crippen molar-refractivity contribution in [3.8, 4) is 0 Å². The van der Waals surface area contributed by atoms with E-state index in [4.69, 9.17) is 0 Å². The maximum absolute atomic E-state index is 13.1. The summed E-state index contributed by atoms with van der Waals surface area (Å²) in [6, 6.07) is 18.5. The molecule has 10 heteroatoms. The van der Waals surface area contributed by atoms with E-state index in [9.17, 15) is 18.5 Å². The number of pyridine rings is 1. The number of hydrogen-bond donors (Lipinski definition) is 1. The summed E-state index contributed by atoms with van der Waals surface area (Å²) in [4.78, 5) is 17.7. The minimum atomic E-state index is -3.83. The molecule has 172 valence electrons. The predicted octanol–water partition coefficient (Wildman–Crippen LogP) is 3.13. The number of aromatic nitrogens is 1. The summed E-state index contributed by atoms with van der Waals surface area (Å²) in [5.41, 5.74) is 1.48. The number of nitro groups is 1. The Morgan fingerprint density at radius 2 is 1.70 bits per heavy atom. The van der Waals surface area contributed by atoms with Gasteiger partial charge in [0.25, 0.3) is 5.69 Å². The van der Waals surface area contributed by atoms with E-state index < -0.39 is 21.0 Å². The second-order valence-corrected chi connectivity index (χ2v) is 9.82. The van der Waals surface area contributed by atoms with Crippen molar-refractivity contribution in [2.45, 2.75) is 10.9 Å². The van der Waals surface area contributed by atoms with Crippen LogP contribution in [-0.2, 0) is 10.0 Å². The number of nitrogens with zero attached hydrogens (tertiary/aromatic N) is 4. The van der Waals surface area contributed by atoms with Crippen LogP contribution in [0.2, 0.25) is 0 Å². The van der Waals surface area contributed by atoms with Gasteiger partial charge in [-0.15, -0.1) is 0 Å². The number of nitro benzene ring substituents is 1. The molecule has 33 heavy (non-hydrogen) atoms. The van der Waals surface area contributed by atoms with Crippen molar-refractivity contribution < 1.29 is 13.3 Å². The van der Waals surface area contributed by atoms with Crippen molar-refractivity contribution in [2.75, 3.05) is 38.5 Å². The van der Waals surface area contributed by atoms with Crippen molar-refractivity contribution in [1.82, 2.24) is 14.2 Å². The molecule has 0 amide bonds. The highest BCUT2D eigenvalue weighted by molar-refractivity contribution is 7.89. The SMILES string of the molecule is CN1CCN(S(=O)(=O)c2ccc(NC(c3ccccc3)c3ccccn3)c([N+](=O)[O-])c2)CC1. The van der Waals surface area contributed by atoms with Gasteiger partial charge in [-0.05, 0) is 36.9 Å². The van der Waals surface area contributed by atoms with E-state index in [1.807, 2.05) is 54.4 Å². The monoisotopic (exact) mass is 467 g/mol. The maximum Gasteiger partial charge on any atom is 0.293 e. The number of hydrogen-bond acceptors (Lipinski definition) is 7. The lowest BCUT2D eigenvalue weighted by atomic mass is 10.0. The lowest BCUT2D eigenvalue weighted by molar-refractivity contribution is -0.384. The Morgan fingerprint density at radius 3 is 2.33 bits per heavy atom. The van der Waals surface area contributed by atoms with Gasteiger partial charge in [0.1, 0.15) is 5.69 Å². The molecule has 1 aliphatic heterocycles. The minimum Gasteiger partial charge on any atom is -0.367 e. The van der Waals surface area contributed by atoms with Gasteiger partial charge in [-0.2, -0.15) is 4.31 Å². The van der Waals surface area contributed by atoms with Crippen molar-refractivity contribution in [3.63, 3.8) is 0 Å². The largest absolute Gasteiger partial charge is 0.367 e. The molecule has 1 saturated heterocycles. The van der Waals surface area contributed by atoms with Crippen molar-refractivity contribution in [2.24, 2.45) is 0 Å². The van der Waals surface area contributed by atoms with Crippen LogP contribution in [0.1, 0.15) is 17.3 Å². The summed E-state index contributed by atoms with van der Waals surface area (Å²) < 4.78 is 27.6. The van der Waals surface area contributed by atoms with Crippen LogP contribution < -0.4 is 5.32 Å². The molecule has 0 bridgehead atoms. The average Bonchev–Trinajstić information content (AvgIpc) is 2.83. The minimum absolute atomic E-state index is 0.0848. The normalized spacial score (nSPS) is 16.3. The standard InChI is InChI=1S/C23H25N5O4S/c1-26-13-15-27(16-14-26)33(31,32)19-10-11-20(22(17-19)28(29)30)25-23(18-7-3-2-4-8-18)21-9-5-6-12-24-21/h2-12,17,23,25H,13-16H2,1H3. The highest BCUT2D eigenvalue weighted by atomic mass is 32.2. The summed E-state index contributed by atoms with van der Waals surface area (Å²) in [5.74, 6) is 0. The molecule has 0 spiro atoms. The van der Waals surface area contributed by atoms with Gasteiger partial charge in [-0.3, -0.25) is 15.1 Å². The molecule has 2 heterocycles. The zero-order valence-corrected chi connectivity index (χ0v) is 19.0. The number of benzene rings is 2. The first kappa shape index (κ1) is 22.8. The second-order valence-electron chi connectivity index (χ2n) is 7.89. The van der Waals surface area contributed by atoms with E-state index in [1.54, 1.807) is 12.3 Å². The average molecular weight is 468 g/mol. The predicted molar refractivity (Wildman–Crippen MR) is 125 cm³/mol. The van der Waals surface area contributed by atoms with Crippen LogP contribution in [0.3, 0.4) is 0 Å². The van der Waals surface area contributed by atoms with E-state index in [2.05, 4.69) is 10.3 Å². The fourth-order valence-electron chi connectivity index (χ4n) is 3.80. The zero-order valence-electron chi connectivity index (χ0n) is 18.2. The lowest BCUT2D eigenvalue weighted by Crippen LogP contribution is -2.47. The van der Waals surface area contributed by atoms with Gasteiger partial charge in [0.15, 0.2) is 0 Å².